The average Bonchev–Trinajstić information content (AvgIpc) is 2.73. The van der Waals surface area contributed by atoms with Gasteiger partial charge in [-0.2, -0.15) is 0 Å². The van der Waals surface area contributed by atoms with Gasteiger partial charge in [0.1, 0.15) is 5.75 Å². The second-order valence-electron chi connectivity index (χ2n) is 7.29. The molecule has 3 unspecified atom stereocenters. The van der Waals surface area contributed by atoms with Gasteiger partial charge in [0, 0.05) is 18.2 Å². The Morgan fingerprint density at radius 2 is 2.10 bits per heavy atom. The van der Waals surface area contributed by atoms with Gasteiger partial charge in [-0.15, -0.1) is 0 Å². The summed E-state index contributed by atoms with van der Waals surface area (Å²) in [5.41, 5.74) is 1.68. The normalized spacial score (nSPS) is 34.6. The fourth-order valence-electron chi connectivity index (χ4n) is 4.45. The lowest BCUT2D eigenvalue weighted by atomic mass is 9.69. The molecule has 2 N–H and O–H groups in total. The van der Waals surface area contributed by atoms with E-state index in [1.807, 2.05) is 12.1 Å². The molecule has 1 aromatic carbocycles. The van der Waals surface area contributed by atoms with Crippen molar-refractivity contribution in [1.29, 1.82) is 0 Å². The molecule has 0 aromatic heterocycles. The molecule has 0 saturated heterocycles. The molecule has 3 atom stereocenters. The van der Waals surface area contributed by atoms with Gasteiger partial charge >= 0.3 is 0 Å². The number of phenolic OH excluding ortho intramolecular Hbond substituents is 1. The maximum absolute atomic E-state index is 10.00. The molecule has 0 amide bonds. The molecule has 0 aliphatic heterocycles. The first-order valence-corrected chi connectivity index (χ1v) is 7.94. The average molecular weight is 294 g/mol. The van der Waals surface area contributed by atoms with Gasteiger partial charge in [0.2, 0.25) is 0 Å². The first-order chi connectivity index (χ1) is 9.36. The van der Waals surface area contributed by atoms with Crippen LogP contribution in [0.25, 0.3) is 0 Å². The second-order valence-corrected chi connectivity index (χ2v) is 7.70. The maximum atomic E-state index is 10.00. The predicted octanol–water partition coefficient (Wildman–Crippen LogP) is 4.35. The first kappa shape index (κ1) is 14.2. The van der Waals surface area contributed by atoms with Gasteiger partial charge in [-0.05, 0) is 42.1 Å². The molecular weight excluding hydrogens is 270 g/mol. The van der Waals surface area contributed by atoms with Gasteiger partial charge in [-0.3, -0.25) is 0 Å². The molecule has 110 valence electrons. The minimum Gasteiger partial charge on any atom is -0.506 e. The van der Waals surface area contributed by atoms with Crippen LogP contribution in [-0.2, 0) is 6.54 Å². The molecule has 2 saturated carbocycles. The number of nitrogens with one attached hydrogen (secondary N) is 1. The van der Waals surface area contributed by atoms with Crippen molar-refractivity contribution in [2.24, 2.45) is 16.7 Å². The van der Waals surface area contributed by atoms with Crippen LogP contribution in [0.3, 0.4) is 0 Å². The van der Waals surface area contributed by atoms with E-state index in [2.05, 4.69) is 26.1 Å². The largest absolute Gasteiger partial charge is 0.506 e. The molecule has 2 bridgehead atoms. The zero-order chi connectivity index (χ0) is 14.5. The molecule has 0 heterocycles. The summed E-state index contributed by atoms with van der Waals surface area (Å²) in [5, 5.41) is 14.1. The third kappa shape index (κ3) is 1.88. The van der Waals surface area contributed by atoms with E-state index >= 15 is 0 Å². The molecule has 0 radical (unpaired) electrons. The van der Waals surface area contributed by atoms with Crippen molar-refractivity contribution < 1.29 is 5.11 Å². The van der Waals surface area contributed by atoms with Crippen molar-refractivity contribution in [3.05, 3.63) is 28.8 Å². The highest BCUT2D eigenvalue weighted by molar-refractivity contribution is 6.32. The summed E-state index contributed by atoms with van der Waals surface area (Å²) in [6, 6.07) is 6.09. The van der Waals surface area contributed by atoms with E-state index in [0.29, 0.717) is 28.4 Å². The van der Waals surface area contributed by atoms with Gasteiger partial charge in [0.05, 0.1) is 5.02 Å². The van der Waals surface area contributed by atoms with E-state index in [4.69, 9.17) is 11.6 Å². The number of benzene rings is 1. The zero-order valence-electron chi connectivity index (χ0n) is 12.5. The topological polar surface area (TPSA) is 32.3 Å². The Morgan fingerprint density at radius 3 is 2.70 bits per heavy atom. The van der Waals surface area contributed by atoms with Crippen molar-refractivity contribution in [1.82, 2.24) is 5.32 Å². The predicted molar refractivity (Wildman–Crippen MR) is 83.0 cm³/mol. The van der Waals surface area contributed by atoms with Crippen LogP contribution < -0.4 is 5.32 Å². The summed E-state index contributed by atoms with van der Waals surface area (Å²) in [7, 11) is 0. The molecule has 0 spiro atoms. The highest BCUT2D eigenvalue weighted by Crippen LogP contribution is 2.65. The third-order valence-corrected chi connectivity index (χ3v) is 6.71. The lowest BCUT2D eigenvalue weighted by molar-refractivity contribution is 0.120. The van der Waals surface area contributed by atoms with E-state index in [-0.39, 0.29) is 5.75 Å². The fraction of sp³-hybridized carbons (Fsp3) is 0.647. The number of para-hydroxylation sites is 1. The minimum absolute atomic E-state index is 0.217. The molecule has 1 aromatic rings. The molecule has 2 aliphatic rings. The van der Waals surface area contributed by atoms with Crippen LogP contribution in [-0.4, -0.2) is 11.1 Å². The molecule has 3 heteroatoms. The standard InChI is InChI=1S/C17H24ClNO/c1-16(2)12-7-8-17(16,3)14(9-12)19-10-11-5-4-6-13(18)15(11)20/h4-6,12,14,19-20H,7-10H2,1-3H3. The highest BCUT2D eigenvalue weighted by Gasteiger charge is 2.60. The number of fused-ring (bicyclic) bond motifs is 2. The first-order valence-electron chi connectivity index (χ1n) is 7.56. The number of rotatable bonds is 3. The maximum Gasteiger partial charge on any atom is 0.138 e. The van der Waals surface area contributed by atoms with E-state index in [1.165, 1.54) is 19.3 Å². The van der Waals surface area contributed by atoms with E-state index in [1.54, 1.807) is 6.07 Å². The second kappa shape index (κ2) is 4.64. The summed E-state index contributed by atoms with van der Waals surface area (Å²) in [5.74, 6) is 1.05. The SMILES string of the molecule is CC1(C)C2CCC1(C)C(NCc1cccc(Cl)c1O)C2. The van der Waals surface area contributed by atoms with Crippen LogP contribution in [0, 0.1) is 16.7 Å². The molecule has 3 rings (SSSR count). The number of hydrogen-bond acceptors (Lipinski definition) is 2. The molecule has 2 aliphatic carbocycles. The van der Waals surface area contributed by atoms with Crippen LogP contribution >= 0.6 is 11.6 Å². The number of aromatic hydroxyl groups is 1. The smallest absolute Gasteiger partial charge is 0.138 e. The Morgan fingerprint density at radius 1 is 1.35 bits per heavy atom. The van der Waals surface area contributed by atoms with Gasteiger partial charge in [0.15, 0.2) is 0 Å². The van der Waals surface area contributed by atoms with Crippen molar-refractivity contribution >= 4 is 11.6 Å². The van der Waals surface area contributed by atoms with Crippen molar-refractivity contribution in [2.75, 3.05) is 0 Å². The van der Waals surface area contributed by atoms with Crippen LogP contribution in [0.5, 0.6) is 5.75 Å². The van der Waals surface area contributed by atoms with Crippen LogP contribution in [0.15, 0.2) is 18.2 Å². The third-order valence-electron chi connectivity index (χ3n) is 6.40. The van der Waals surface area contributed by atoms with E-state index in [0.717, 1.165) is 11.5 Å². The molecule has 2 nitrogen and oxygen atoms in total. The quantitative estimate of drug-likeness (QED) is 0.868. The van der Waals surface area contributed by atoms with E-state index in [9.17, 15) is 5.11 Å². The Labute approximate surface area is 126 Å². The molecule has 2 fully saturated rings. The van der Waals surface area contributed by atoms with Gasteiger partial charge in [-0.25, -0.2) is 0 Å². The summed E-state index contributed by atoms with van der Waals surface area (Å²) in [6.07, 6.45) is 3.93. The lowest BCUT2D eigenvalue weighted by Gasteiger charge is -2.39. The van der Waals surface area contributed by atoms with E-state index < -0.39 is 0 Å². The fourth-order valence-corrected chi connectivity index (χ4v) is 4.64. The van der Waals surface area contributed by atoms with Crippen LogP contribution in [0.1, 0.15) is 45.6 Å². The lowest BCUT2D eigenvalue weighted by Crippen LogP contribution is -2.44. The summed E-state index contributed by atoms with van der Waals surface area (Å²) >= 11 is 5.97. The number of phenols is 1. The minimum atomic E-state index is 0.217. The van der Waals surface area contributed by atoms with Gasteiger partial charge in [-0.1, -0.05) is 44.5 Å². The Kier molecular flexibility index (Phi) is 3.30. The highest BCUT2D eigenvalue weighted by atomic mass is 35.5. The van der Waals surface area contributed by atoms with Gasteiger partial charge < -0.3 is 10.4 Å². The zero-order valence-corrected chi connectivity index (χ0v) is 13.3. The summed E-state index contributed by atoms with van der Waals surface area (Å²) < 4.78 is 0. The van der Waals surface area contributed by atoms with Crippen LogP contribution in [0.4, 0.5) is 0 Å². The van der Waals surface area contributed by atoms with Gasteiger partial charge in [0.25, 0.3) is 0 Å². The van der Waals surface area contributed by atoms with Crippen molar-refractivity contribution in [3.63, 3.8) is 0 Å². The molecular formula is C17H24ClNO. The van der Waals surface area contributed by atoms with Crippen molar-refractivity contribution in [2.45, 2.75) is 52.6 Å². The Hall–Kier alpha value is -0.730. The summed E-state index contributed by atoms with van der Waals surface area (Å²) in [4.78, 5) is 0. The van der Waals surface area contributed by atoms with Crippen molar-refractivity contribution in [3.8, 4) is 5.75 Å². The summed E-state index contributed by atoms with van der Waals surface area (Å²) in [6.45, 7) is 7.96. The number of hydrogen-bond donors (Lipinski definition) is 2. The van der Waals surface area contributed by atoms with Crippen LogP contribution in [0.2, 0.25) is 5.02 Å². The Bertz CT molecular complexity index is 528. The molecule has 20 heavy (non-hydrogen) atoms. The monoisotopic (exact) mass is 293 g/mol. The number of halogens is 1. The Balaban J connectivity index is 1.73.